The highest BCUT2D eigenvalue weighted by Crippen LogP contribution is 2.24. The summed E-state index contributed by atoms with van der Waals surface area (Å²) in [6.07, 6.45) is 0. The van der Waals surface area contributed by atoms with E-state index in [9.17, 15) is 9.18 Å². The number of anilines is 1. The lowest BCUT2D eigenvalue weighted by molar-refractivity contribution is 0.102. The van der Waals surface area contributed by atoms with Gasteiger partial charge in [0.1, 0.15) is 5.82 Å². The zero-order chi connectivity index (χ0) is 21.4. The van der Waals surface area contributed by atoms with Crippen molar-refractivity contribution in [3.8, 4) is 11.4 Å². The normalized spacial score (nSPS) is 11.0. The smallest absolute Gasteiger partial charge is 0.257 e. The molecule has 4 aromatic rings. The van der Waals surface area contributed by atoms with Crippen molar-refractivity contribution in [1.29, 1.82) is 0 Å². The molecule has 30 heavy (non-hydrogen) atoms. The molecule has 0 spiro atoms. The number of aryl methyl sites for hydroxylation is 2. The molecule has 0 radical (unpaired) electrons. The predicted octanol–water partition coefficient (Wildman–Crippen LogP) is 4.42. The Bertz CT molecular complexity index is 1250. The Morgan fingerprint density at radius 2 is 1.73 bits per heavy atom. The summed E-state index contributed by atoms with van der Waals surface area (Å²) >= 11 is 5.98. The molecule has 0 aliphatic heterocycles. The Balaban J connectivity index is 1.66. The van der Waals surface area contributed by atoms with Gasteiger partial charge in [0, 0.05) is 22.1 Å². The van der Waals surface area contributed by atoms with Gasteiger partial charge < -0.3 is 9.88 Å². The number of rotatable bonds is 4. The number of tetrazole rings is 1. The molecule has 0 aliphatic carbocycles. The van der Waals surface area contributed by atoms with E-state index in [-0.39, 0.29) is 5.69 Å². The summed E-state index contributed by atoms with van der Waals surface area (Å²) in [7, 11) is 0. The maximum absolute atomic E-state index is 14.4. The van der Waals surface area contributed by atoms with E-state index >= 15 is 0 Å². The number of nitrogens with zero attached hydrogens (tertiary/aromatic N) is 5. The monoisotopic (exact) mass is 424 g/mol. The minimum Gasteiger partial charge on any atom is -0.319 e. The number of hydrogen-bond acceptors (Lipinski definition) is 4. The van der Waals surface area contributed by atoms with Gasteiger partial charge in [-0.15, -0.1) is 5.10 Å². The van der Waals surface area contributed by atoms with Crippen LogP contribution >= 0.6 is 11.6 Å². The Labute approximate surface area is 177 Å². The molecule has 0 aliphatic rings. The number of aromatic nitrogens is 5. The van der Waals surface area contributed by atoms with Gasteiger partial charge in [0.15, 0.2) is 5.82 Å². The molecule has 2 aromatic heterocycles. The van der Waals surface area contributed by atoms with Crippen molar-refractivity contribution in [2.24, 2.45) is 0 Å². The summed E-state index contributed by atoms with van der Waals surface area (Å²) in [4.78, 5) is 12.9. The lowest BCUT2D eigenvalue weighted by Crippen LogP contribution is -2.14. The van der Waals surface area contributed by atoms with Crippen molar-refractivity contribution in [2.45, 2.75) is 20.8 Å². The second-order valence-corrected chi connectivity index (χ2v) is 7.29. The average molecular weight is 425 g/mol. The molecule has 0 unspecified atom stereocenters. The summed E-state index contributed by atoms with van der Waals surface area (Å²) in [5.74, 6) is -0.414. The fraction of sp³-hybridized carbons (Fsp3) is 0.143. The SMILES string of the molecule is Cc1nnnn1-c1ccc(F)c(NC(=O)c2cc(C)n(-c3ccc(Cl)cc3)c2C)c1. The summed E-state index contributed by atoms with van der Waals surface area (Å²) in [6.45, 7) is 5.47. The maximum atomic E-state index is 14.4. The Hall–Kier alpha value is -3.52. The molecule has 152 valence electrons. The molecule has 2 aromatic carbocycles. The first-order chi connectivity index (χ1) is 14.3. The number of halogens is 2. The molecule has 7 nitrogen and oxygen atoms in total. The Morgan fingerprint density at radius 3 is 2.40 bits per heavy atom. The fourth-order valence-electron chi connectivity index (χ4n) is 3.38. The van der Waals surface area contributed by atoms with Gasteiger partial charge in [0.25, 0.3) is 5.91 Å². The quantitative estimate of drug-likeness (QED) is 0.526. The third-order valence-electron chi connectivity index (χ3n) is 4.83. The van der Waals surface area contributed by atoms with Crippen LogP contribution in [0, 0.1) is 26.6 Å². The van der Waals surface area contributed by atoms with Gasteiger partial charge in [-0.3, -0.25) is 4.79 Å². The van der Waals surface area contributed by atoms with Gasteiger partial charge in [-0.2, -0.15) is 4.68 Å². The van der Waals surface area contributed by atoms with Gasteiger partial charge >= 0.3 is 0 Å². The predicted molar refractivity (Wildman–Crippen MR) is 112 cm³/mol. The lowest BCUT2D eigenvalue weighted by Gasteiger charge is -2.11. The largest absolute Gasteiger partial charge is 0.319 e. The van der Waals surface area contributed by atoms with Crippen molar-refractivity contribution < 1.29 is 9.18 Å². The van der Waals surface area contributed by atoms with E-state index in [1.165, 1.54) is 16.8 Å². The molecule has 0 saturated carbocycles. The molecule has 9 heteroatoms. The highest BCUT2D eigenvalue weighted by Gasteiger charge is 2.18. The number of amides is 1. The summed E-state index contributed by atoms with van der Waals surface area (Å²) in [5.41, 5.74) is 3.53. The highest BCUT2D eigenvalue weighted by atomic mass is 35.5. The van der Waals surface area contributed by atoms with Crippen LogP contribution in [-0.4, -0.2) is 30.7 Å². The average Bonchev–Trinajstić information content (AvgIpc) is 3.27. The molecule has 0 bridgehead atoms. The van der Waals surface area contributed by atoms with E-state index in [4.69, 9.17) is 11.6 Å². The van der Waals surface area contributed by atoms with Gasteiger partial charge in [0.05, 0.1) is 16.9 Å². The maximum Gasteiger partial charge on any atom is 0.257 e. The Morgan fingerprint density at radius 1 is 1.03 bits per heavy atom. The summed E-state index contributed by atoms with van der Waals surface area (Å²) < 4.78 is 17.8. The Kier molecular flexibility index (Phi) is 5.09. The third-order valence-corrected chi connectivity index (χ3v) is 5.08. The zero-order valence-corrected chi connectivity index (χ0v) is 17.3. The van der Waals surface area contributed by atoms with Crippen molar-refractivity contribution >= 4 is 23.2 Å². The van der Waals surface area contributed by atoms with E-state index in [0.29, 0.717) is 22.1 Å². The minimum atomic E-state index is -0.552. The van der Waals surface area contributed by atoms with E-state index in [0.717, 1.165) is 17.1 Å². The first-order valence-corrected chi connectivity index (χ1v) is 9.54. The van der Waals surface area contributed by atoms with Gasteiger partial charge in [0.2, 0.25) is 0 Å². The van der Waals surface area contributed by atoms with Gasteiger partial charge in [-0.25, -0.2) is 4.39 Å². The second kappa shape index (κ2) is 7.72. The highest BCUT2D eigenvalue weighted by molar-refractivity contribution is 6.30. The zero-order valence-electron chi connectivity index (χ0n) is 16.5. The van der Waals surface area contributed by atoms with Crippen LogP contribution in [0.3, 0.4) is 0 Å². The molecule has 0 atom stereocenters. The number of benzene rings is 2. The van der Waals surface area contributed by atoms with Crippen molar-refractivity contribution in [3.63, 3.8) is 0 Å². The van der Waals surface area contributed by atoms with E-state index in [1.54, 1.807) is 31.2 Å². The van der Waals surface area contributed by atoms with Crippen LogP contribution in [0.25, 0.3) is 11.4 Å². The van der Waals surface area contributed by atoms with Crippen LogP contribution in [0.5, 0.6) is 0 Å². The number of carbonyl (C=O) groups excluding carboxylic acids is 1. The topological polar surface area (TPSA) is 77.6 Å². The number of carbonyl (C=O) groups is 1. The number of hydrogen-bond donors (Lipinski definition) is 1. The van der Waals surface area contributed by atoms with Crippen LogP contribution in [-0.2, 0) is 0 Å². The summed E-state index contributed by atoms with van der Waals surface area (Å²) in [5, 5.41) is 14.6. The van der Waals surface area contributed by atoms with E-state index < -0.39 is 11.7 Å². The van der Waals surface area contributed by atoms with Crippen LogP contribution in [0.15, 0.2) is 48.5 Å². The molecular formula is C21H18ClFN6O. The first kappa shape index (κ1) is 19.8. The molecule has 1 amide bonds. The third kappa shape index (κ3) is 3.57. The van der Waals surface area contributed by atoms with Crippen LogP contribution in [0.4, 0.5) is 10.1 Å². The molecule has 1 N–H and O–H groups in total. The van der Waals surface area contributed by atoms with Crippen molar-refractivity contribution in [3.05, 3.63) is 82.1 Å². The van der Waals surface area contributed by atoms with Crippen LogP contribution < -0.4 is 5.32 Å². The van der Waals surface area contributed by atoms with Crippen molar-refractivity contribution in [2.75, 3.05) is 5.32 Å². The second-order valence-electron chi connectivity index (χ2n) is 6.85. The molecule has 0 fully saturated rings. The van der Waals surface area contributed by atoms with Crippen LogP contribution in [0.2, 0.25) is 5.02 Å². The van der Waals surface area contributed by atoms with Crippen molar-refractivity contribution in [1.82, 2.24) is 24.8 Å². The standard InChI is InChI=1S/C21H18ClFN6O/c1-12-10-18(13(2)28(12)16-6-4-15(22)5-7-16)21(30)24-20-11-17(8-9-19(20)23)29-14(3)25-26-27-29/h4-11H,1-3H3,(H,24,30). The molecule has 2 heterocycles. The lowest BCUT2D eigenvalue weighted by atomic mass is 10.2. The first-order valence-electron chi connectivity index (χ1n) is 9.16. The fourth-order valence-corrected chi connectivity index (χ4v) is 3.51. The van der Waals surface area contributed by atoms with Crippen LogP contribution in [0.1, 0.15) is 27.6 Å². The molecule has 0 saturated heterocycles. The van der Waals surface area contributed by atoms with Gasteiger partial charge in [-0.05, 0) is 79.7 Å². The minimum absolute atomic E-state index is 0.0451. The van der Waals surface area contributed by atoms with E-state index in [2.05, 4.69) is 20.8 Å². The van der Waals surface area contributed by atoms with Gasteiger partial charge in [-0.1, -0.05) is 11.6 Å². The number of nitrogens with one attached hydrogen (secondary N) is 1. The molecular weight excluding hydrogens is 407 g/mol. The van der Waals surface area contributed by atoms with E-state index in [1.807, 2.05) is 30.5 Å². The molecule has 4 rings (SSSR count). The summed E-state index contributed by atoms with van der Waals surface area (Å²) in [6, 6.07) is 13.4.